The number of carbonyl (C=O) groups excluding carboxylic acids is 8. The van der Waals surface area contributed by atoms with Gasteiger partial charge in [0, 0.05) is 91.2 Å². The maximum Gasteiger partial charge on any atom is 0.328 e. The number of likely N-dealkylation sites (N-methyl/N-ethyl adjacent to an activating group) is 2. The Morgan fingerprint density at radius 3 is 2.04 bits per heavy atom. The average Bonchev–Trinajstić information content (AvgIpc) is 4.01. The third kappa shape index (κ3) is 17.5. The number of imide groups is 1. The molecule has 2 heterocycles. The van der Waals surface area contributed by atoms with Crippen molar-refractivity contribution in [3.63, 3.8) is 0 Å². The number of benzene rings is 2. The van der Waals surface area contributed by atoms with E-state index in [1.165, 1.54) is 19.1 Å². The molecule has 78 heavy (non-hydrogen) atoms. The van der Waals surface area contributed by atoms with Crippen LogP contribution in [0.1, 0.15) is 131 Å². The number of carbonyl (C=O) groups is 8. The van der Waals surface area contributed by atoms with E-state index in [1.807, 2.05) is 103 Å². The van der Waals surface area contributed by atoms with E-state index in [1.54, 1.807) is 49.8 Å². The molecule has 434 valence electrons. The lowest BCUT2D eigenvalue weighted by Gasteiger charge is -2.41. The summed E-state index contributed by atoms with van der Waals surface area (Å²) in [4.78, 5) is 116. The summed E-state index contributed by atoms with van der Waals surface area (Å²) in [6, 6.07) is 15.0. The van der Waals surface area contributed by atoms with Crippen LogP contribution in [0.3, 0.4) is 0 Å². The van der Waals surface area contributed by atoms with Gasteiger partial charge in [0.15, 0.2) is 5.78 Å². The Labute approximate surface area is 465 Å². The molecule has 2 aromatic carbocycles. The van der Waals surface area contributed by atoms with Crippen molar-refractivity contribution < 1.29 is 52.6 Å². The molecule has 0 radical (unpaired) electrons. The van der Waals surface area contributed by atoms with E-state index in [0.717, 1.165) is 23.2 Å². The van der Waals surface area contributed by atoms with Crippen LogP contribution in [0, 0.1) is 35.5 Å². The largest absolute Gasteiger partial charge is 0.467 e. The van der Waals surface area contributed by atoms with Gasteiger partial charge >= 0.3 is 5.97 Å². The summed E-state index contributed by atoms with van der Waals surface area (Å²) in [5, 5.41) is 2.88. The van der Waals surface area contributed by atoms with Crippen LogP contribution in [0.25, 0.3) is 0 Å². The Morgan fingerprint density at radius 1 is 0.808 bits per heavy atom. The van der Waals surface area contributed by atoms with Crippen LogP contribution in [-0.4, -0.2) is 165 Å². The lowest BCUT2D eigenvalue weighted by molar-refractivity contribution is -0.150. The van der Waals surface area contributed by atoms with E-state index in [0.29, 0.717) is 64.6 Å². The van der Waals surface area contributed by atoms with Crippen molar-refractivity contribution in [2.24, 2.45) is 35.5 Å². The zero-order valence-electron chi connectivity index (χ0n) is 49.5. The number of methoxy groups -OCH3 is 3. The smallest absolute Gasteiger partial charge is 0.328 e. The predicted octanol–water partition coefficient (Wildman–Crippen LogP) is 7.16. The molecule has 6 amide bonds. The summed E-state index contributed by atoms with van der Waals surface area (Å²) in [5.74, 6) is -3.41. The maximum atomic E-state index is 14.8. The molecule has 2 aliphatic rings. The van der Waals surface area contributed by atoms with Gasteiger partial charge < -0.3 is 34.2 Å². The number of nitrogens with one attached hydrogen (secondary N) is 1. The SMILES string of the molecule is CC[C@H](C)[C@@H]([C@@H](CC(=O)N1CCC[C@H]1[C@H](OC)[C@@H](C)C(=O)N[C@@H](Cc1ccccc1)C(=O)OC)OC)N(C)C(=O)[C@@H](CC(=O)[C@H](C(C)C)N(C)CCc1ccc(N(C)C(=O)CCCCCN2C(=O)CC(C)C2=O)cc1)C(C)C. The highest BCUT2D eigenvalue weighted by molar-refractivity contribution is 6.03. The Morgan fingerprint density at radius 2 is 1.47 bits per heavy atom. The van der Waals surface area contributed by atoms with Crippen molar-refractivity contribution in [1.82, 2.24) is 24.9 Å². The lowest BCUT2D eigenvalue weighted by Crippen LogP contribution is -2.55. The van der Waals surface area contributed by atoms with Gasteiger partial charge in [-0.2, -0.15) is 0 Å². The van der Waals surface area contributed by atoms with Crippen molar-refractivity contribution >= 4 is 52.9 Å². The van der Waals surface area contributed by atoms with Gasteiger partial charge in [-0.3, -0.25) is 43.4 Å². The number of ketones is 1. The van der Waals surface area contributed by atoms with Crippen LogP contribution in [0.4, 0.5) is 5.69 Å². The van der Waals surface area contributed by atoms with Gasteiger partial charge in [0.05, 0.1) is 49.8 Å². The number of anilines is 1. The molecule has 0 aromatic heterocycles. The van der Waals surface area contributed by atoms with E-state index in [4.69, 9.17) is 14.2 Å². The summed E-state index contributed by atoms with van der Waals surface area (Å²) >= 11 is 0. The highest BCUT2D eigenvalue weighted by Crippen LogP contribution is 2.32. The summed E-state index contributed by atoms with van der Waals surface area (Å²) in [6.45, 7) is 17.0. The number of hydrogen-bond acceptors (Lipinski definition) is 12. The average molecular weight is 1090 g/mol. The van der Waals surface area contributed by atoms with E-state index in [9.17, 15) is 38.4 Å². The first-order valence-electron chi connectivity index (χ1n) is 28.5. The zero-order chi connectivity index (χ0) is 58.0. The minimum absolute atomic E-state index is 0.0109. The molecule has 17 heteroatoms. The van der Waals surface area contributed by atoms with Crippen molar-refractivity contribution in [3.8, 4) is 0 Å². The van der Waals surface area contributed by atoms with Crippen LogP contribution in [0.2, 0.25) is 0 Å². The molecule has 1 unspecified atom stereocenters. The highest BCUT2D eigenvalue weighted by atomic mass is 16.5. The molecule has 4 rings (SSSR count). The molecule has 10 atom stereocenters. The van der Waals surface area contributed by atoms with Crippen molar-refractivity contribution in [1.29, 1.82) is 0 Å². The summed E-state index contributed by atoms with van der Waals surface area (Å²) < 4.78 is 17.2. The van der Waals surface area contributed by atoms with E-state index >= 15 is 0 Å². The normalized spacial score (nSPS) is 18.8. The maximum absolute atomic E-state index is 14.8. The molecule has 0 aliphatic carbocycles. The Balaban J connectivity index is 1.37. The quantitative estimate of drug-likeness (QED) is 0.0443. The second kappa shape index (κ2) is 31.3. The number of ether oxygens (including phenoxy) is 3. The molecule has 0 bridgehead atoms. The number of nitrogens with zero attached hydrogens (tertiary/aromatic N) is 5. The molecule has 0 spiro atoms. The van der Waals surface area contributed by atoms with Gasteiger partial charge in [0.25, 0.3) is 0 Å². The minimum atomic E-state index is -0.914. The van der Waals surface area contributed by atoms with Gasteiger partial charge in [-0.1, -0.05) is 111 Å². The molecule has 0 saturated carbocycles. The minimum Gasteiger partial charge on any atom is -0.467 e. The predicted molar refractivity (Wildman–Crippen MR) is 302 cm³/mol. The summed E-state index contributed by atoms with van der Waals surface area (Å²) in [5.41, 5.74) is 2.70. The highest BCUT2D eigenvalue weighted by Gasteiger charge is 2.44. The number of likely N-dealkylation sites (tertiary alicyclic amines) is 2. The molecule has 1 N–H and O–H groups in total. The van der Waals surface area contributed by atoms with Gasteiger partial charge in [-0.25, -0.2) is 4.79 Å². The summed E-state index contributed by atoms with van der Waals surface area (Å²) in [7, 11) is 9.84. The number of amides is 6. The van der Waals surface area contributed by atoms with Crippen molar-refractivity contribution in [2.75, 3.05) is 67.0 Å². The second-order valence-electron chi connectivity index (χ2n) is 22.7. The monoisotopic (exact) mass is 1090 g/mol. The fourth-order valence-electron chi connectivity index (χ4n) is 11.6. The standard InChI is InChI=1S/C61H94N6O11/c1-15-41(6)56(51(76-12)38-54(71)66-33-22-25-49(66)57(77-13)43(8)58(72)62-48(61(75)78-14)36-45-23-18-16-19-24-45)65(11)60(74)47(39(2)3)37-50(68)55(40(4)5)63(9)34-31-44-27-29-46(30-28-44)64(10)52(69)26-20-17-21-32-67-53(70)35-42(7)59(67)73/h16,18-19,23-24,27-30,39-43,47-49,51,55-57H,15,17,20-22,25-26,31-38H2,1-14H3,(H,62,72)/t41-,42?,43+,47-,48-,49-,51+,55-,56-,57+/m0/s1. The molecule has 17 nitrogen and oxygen atoms in total. The van der Waals surface area contributed by atoms with E-state index < -0.39 is 60.1 Å². The van der Waals surface area contributed by atoms with Crippen LogP contribution in [0.15, 0.2) is 54.6 Å². The van der Waals surface area contributed by atoms with Crippen LogP contribution < -0.4 is 10.2 Å². The Bertz CT molecular complexity index is 2290. The topological polar surface area (TPSA) is 192 Å². The van der Waals surface area contributed by atoms with Crippen molar-refractivity contribution in [3.05, 3.63) is 65.7 Å². The number of unbranched alkanes of at least 4 members (excludes halogenated alkanes) is 2. The van der Waals surface area contributed by atoms with Gasteiger partial charge in [-0.15, -0.1) is 0 Å². The zero-order valence-corrected chi connectivity index (χ0v) is 49.5. The van der Waals surface area contributed by atoms with Crippen molar-refractivity contribution in [2.45, 2.75) is 169 Å². The summed E-state index contributed by atoms with van der Waals surface area (Å²) in [6.07, 6.45) is 4.33. The molecule has 2 aliphatic heterocycles. The number of rotatable bonds is 32. The third-order valence-corrected chi connectivity index (χ3v) is 16.5. The Hall–Kier alpha value is -5.52. The molecule has 2 saturated heterocycles. The molecular formula is C61H94N6O11. The first-order valence-corrected chi connectivity index (χ1v) is 28.5. The number of hydrogen-bond donors (Lipinski definition) is 1. The molecule has 2 aromatic rings. The molecular weight excluding hydrogens is 993 g/mol. The van der Waals surface area contributed by atoms with Crippen LogP contribution in [0.5, 0.6) is 0 Å². The molecule has 2 fully saturated rings. The number of esters is 1. The fraction of sp³-hybridized carbons (Fsp3) is 0.672. The Kier molecular flexibility index (Phi) is 26.1. The van der Waals surface area contributed by atoms with E-state index in [2.05, 4.69) is 10.2 Å². The van der Waals surface area contributed by atoms with Gasteiger partial charge in [-0.05, 0) is 80.2 Å². The first-order chi connectivity index (χ1) is 37.0. The first kappa shape index (κ1) is 65.0. The lowest BCUT2D eigenvalue weighted by atomic mass is 9.83. The third-order valence-electron chi connectivity index (χ3n) is 16.5. The van der Waals surface area contributed by atoms with Gasteiger partial charge in [0.1, 0.15) is 6.04 Å². The van der Waals surface area contributed by atoms with E-state index in [-0.39, 0.29) is 84.7 Å². The second-order valence-corrected chi connectivity index (χ2v) is 22.7. The number of Topliss-reactive ketones (excluding diaryl/α,β-unsaturated/α-hetero) is 1. The fourth-order valence-corrected chi connectivity index (χ4v) is 11.6. The van der Waals surface area contributed by atoms with Gasteiger partial charge in [0.2, 0.25) is 35.4 Å². The van der Waals surface area contributed by atoms with Crippen LogP contribution in [-0.2, 0) is 65.4 Å². The van der Waals surface area contributed by atoms with Crippen LogP contribution >= 0.6 is 0 Å².